The molecule has 9 nitrogen and oxygen atoms in total. The summed E-state index contributed by atoms with van der Waals surface area (Å²) in [6.45, 7) is 2.58. The number of carbonyl (C=O) groups excluding carboxylic acids is 1. The van der Waals surface area contributed by atoms with E-state index in [9.17, 15) is 13.2 Å². The molecule has 0 bridgehead atoms. The monoisotopic (exact) mass is 378 g/mol. The molecule has 140 valence electrons. The highest BCUT2D eigenvalue weighted by atomic mass is 32.2. The first-order chi connectivity index (χ1) is 12.5. The van der Waals surface area contributed by atoms with Gasteiger partial charge in [-0.25, -0.2) is 17.4 Å². The lowest BCUT2D eigenvalue weighted by atomic mass is 9.98. The van der Waals surface area contributed by atoms with Gasteiger partial charge < -0.3 is 5.32 Å². The highest BCUT2D eigenvalue weighted by molar-refractivity contribution is 7.89. The third-order valence-electron chi connectivity index (χ3n) is 4.36. The Morgan fingerprint density at radius 2 is 2.08 bits per heavy atom. The second-order valence-electron chi connectivity index (χ2n) is 6.30. The molecular weight excluding hydrogens is 356 g/mol. The first-order valence-corrected chi connectivity index (χ1v) is 10.2. The van der Waals surface area contributed by atoms with Gasteiger partial charge in [-0.05, 0) is 54.0 Å². The topological polar surface area (TPSA) is 110 Å². The van der Waals surface area contributed by atoms with Crippen LogP contribution in [0.1, 0.15) is 26.2 Å². The van der Waals surface area contributed by atoms with E-state index in [1.165, 1.54) is 15.3 Å². The van der Waals surface area contributed by atoms with Crippen molar-refractivity contribution in [1.29, 1.82) is 0 Å². The van der Waals surface area contributed by atoms with E-state index in [4.69, 9.17) is 0 Å². The molecule has 2 heterocycles. The quantitative estimate of drug-likeness (QED) is 0.804. The molecule has 1 aliphatic rings. The molecule has 1 unspecified atom stereocenters. The molecule has 0 radical (unpaired) electrons. The fourth-order valence-electron chi connectivity index (χ4n) is 3.02. The van der Waals surface area contributed by atoms with E-state index in [1.54, 1.807) is 24.3 Å². The standard InChI is InChI=1S/C16H22N6O3S/c1-2-10-26(24,25)21-9-3-4-13(11-21)16(23)18-14-5-7-15(8-6-14)22-12-17-19-20-22/h5-8,12-13H,2-4,9-11H2,1H3,(H,18,23). The summed E-state index contributed by atoms with van der Waals surface area (Å²) in [4.78, 5) is 12.5. The molecule has 0 saturated carbocycles. The van der Waals surface area contributed by atoms with Crippen molar-refractivity contribution in [2.75, 3.05) is 24.2 Å². The van der Waals surface area contributed by atoms with Crippen LogP contribution in [0.3, 0.4) is 0 Å². The zero-order valence-electron chi connectivity index (χ0n) is 14.6. The van der Waals surface area contributed by atoms with Crippen LogP contribution in [0.15, 0.2) is 30.6 Å². The van der Waals surface area contributed by atoms with Crippen LogP contribution >= 0.6 is 0 Å². The average molecular weight is 378 g/mol. The predicted molar refractivity (Wildman–Crippen MR) is 96.2 cm³/mol. The molecule has 1 N–H and O–H groups in total. The van der Waals surface area contributed by atoms with Gasteiger partial charge in [0.1, 0.15) is 6.33 Å². The number of tetrazole rings is 1. The summed E-state index contributed by atoms with van der Waals surface area (Å²) in [7, 11) is -3.27. The molecule has 1 amide bonds. The highest BCUT2D eigenvalue weighted by Crippen LogP contribution is 2.22. The van der Waals surface area contributed by atoms with Gasteiger partial charge in [-0.15, -0.1) is 5.10 Å². The third kappa shape index (κ3) is 4.25. The fraction of sp³-hybridized carbons (Fsp3) is 0.500. The van der Waals surface area contributed by atoms with Gasteiger partial charge in [-0.3, -0.25) is 4.79 Å². The van der Waals surface area contributed by atoms with Crippen LogP contribution in [0, 0.1) is 5.92 Å². The van der Waals surface area contributed by atoms with Gasteiger partial charge in [0.2, 0.25) is 15.9 Å². The maximum absolute atomic E-state index is 12.5. The molecule has 1 aromatic heterocycles. The number of hydrogen-bond donors (Lipinski definition) is 1. The summed E-state index contributed by atoms with van der Waals surface area (Å²) in [6, 6.07) is 7.13. The lowest BCUT2D eigenvalue weighted by Crippen LogP contribution is -2.44. The SMILES string of the molecule is CCCS(=O)(=O)N1CCCC(C(=O)Nc2ccc(-n3cnnn3)cc2)C1. The van der Waals surface area contributed by atoms with E-state index in [-0.39, 0.29) is 24.1 Å². The summed E-state index contributed by atoms with van der Waals surface area (Å²) >= 11 is 0. The second kappa shape index (κ2) is 7.92. The van der Waals surface area contributed by atoms with Crippen molar-refractivity contribution in [3.8, 4) is 5.69 Å². The molecule has 1 aromatic carbocycles. The Bertz CT molecular complexity index is 835. The molecule has 3 rings (SSSR count). The normalized spacial score (nSPS) is 18.6. The highest BCUT2D eigenvalue weighted by Gasteiger charge is 2.31. The zero-order chi connectivity index (χ0) is 18.6. The summed E-state index contributed by atoms with van der Waals surface area (Å²) in [5.74, 6) is -0.369. The molecule has 26 heavy (non-hydrogen) atoms. The third-order valence-corrected chi connectivity index (χ3v) is 6.40. The summed E-state index contributed by atoms with van der Waals surface area (Å²) in [5.41, 5.74) is 1.43. The van der Waals surface area contributed by atoms with Crippen LogP contribution in [0.25, 0.3) is 5.69 Å². The van der Waals surface area contributed by atoms with Gasteiger partial charge in [0.05, 0.1) is 17.4 Å². The number of hydrogen-bond acceptors (Lipinski definition) is 6. The van der Waals surface area contributed by atoms with Gasteiger partial charge >= 0.3 is 0 Å². The van der Waals surface area contributed by atoms with Crippen molar-refractivity contribution in [2.24, 2.45) is 5.92 Å². The number of piperidine rings is 1. The smallest absolute Gasteiger partial charge is 0.228 e. The number of aromatic nitrogens is 4. The van der Waals surface area contributed by atoms with Crippen LogP contribution in [0.5, 0.6) is 0 Å². The summed E-state index contributed by atoms with van der Waals surface area (Å²) in [5, 5.41) is 13.8. The molecule has 0 spiro atoms. The minimum Gasteiger partial charge on any atom is -0.326 e. The van der Waals surface area contributed by atoms with E-state index < -0.39 is 10.0 Å². The van der Waals surface area contributed by atoms with Crippen LogP contribution in [0.4, 0.5) is 5.69 Å². The number of amides is 1. The van der Waals surface area contributed by atoms with Gasteiger partial charge in [0.25, 0.3) is 0 Å². The number of carbonyl (C=O) groups is 1. The number of sulfonamides is 1. The van der Waals surface area contributed by atoms with E-state index in [2.05, 4.69) is 20.8 Å². The first-order valence-electron chi connectivity index (χ1n) is 8.61. The fourth-order valence-corrected chi connectivity index (χ4v) is 4.61. The lowest BCUT2D eigenvalue weighted by molar-refractivity contribution is -0.120. The summed E-state index contributed by atoms with van der Waals surface area (Å²) in [6.07, 6.45) is 3.44. The van der Waals surface area contributed by atoms with Gasteiger partial charge in [-0.1, -0.05) is 6.92 Å². The molecule has 1 fully saturated rings. The van der Waals surface area contributed by atoms with Crippen LogP contribution in [0.2, 0.25) is 0 Å². The minimum absolute atomic E-state index is 0.125. The van der Waals surface area contributed by atoms with Gasteiger partial charge in [0, 0.05) is 18.8 Å². The van der Waals surface area contributed by atoms with E-state index >= 15 is 0 Å². The maximum atomic E-state index is 12.5. The maximum Gasteiger partial charge on any atom is 0.228 e. The van der Waals surface area contributed by atoms with Crippen molar-refractivity contribution >= 4 is 21.6 Å². The second-order valence-corrected chi connectivity index (χ2v) is 8.39. The predicted octanol–water partition coefficient (Wildman–Crippen LogP) is 1.05. The van der Waals surface area contributed by atoms with Gasteiger partial charge in [0.15, 0.2) is 0 Å². The Morgan fingerprint density at radius 3 is 2.73 bits per heavy atom. The van der Waals surface area contributed by atoms with Crippen LogP contribution in [-0.4, -0.2) is 57.7 Å². The number of rotatable bonds is 6. The average Bonchev–Trinajstić information content (AvgIpc) is 3.17. The largest absolute Gasteiger partial charge is 0.326 e. The van der Waals surface area contributed by atoms with E-state index in [1.807, 2.05) is 6.92 Å². The van der Waals surface area contributed by atoms with E-state index in [0.29, 0.717) is 31.5 Å². The van der Waals surface area contributed by atoms with E-state index in [0.717, 1.165) is 5.69 Å². The molecule has 1 saturated heterocycles. The number of nitrogens with zero attached hydrogens (tertiary/aromatic N) is 5. The Kier molecular flexibility index (Phi) is 5.62. The molecule has 2 aromatic rings. The van der Waals surface area contributed by atoms with Crippen molar-refractivity contribution in [1.82, 2.24) is 24.5 Å². The molecule has 1 atom stereocenters. The summed E-state index contributed by atoms with van der Waals surface area (Å²) < 4.78 is 27.4. The Labute approximate surface area is 152 Å². The Balaban J connectivity index is 1.62. The van der Waals surface area contributed by atoms with Gasteiger partial charge in [-0.2, -0.15) is 0 Å². The van der Waals surface area contributed by atoms with Crippen LogP contribution in [-0.2, 0) is 14.8 Å². The van der Waals surface area contributed by atoms with Crippen molar-refractivity contribution in [3.63, 3.8) is 0 Å². The Morgan fingerprint density at radius 1 is 1.31 bits per heavy atom. The number of anilines is 1. The number of benzene rings is 1. The zero-order valence-corrected chi connectivity index (χ0v) is 15.4. The molecule has 1 aliphatic heterocycles. The van der Waals surface area contributed by atoms with Crippen LogP contribution < -0.4 is 5.32 Å². The van der Waals surface area contributed by atoms with Crippen molar-refractivity contribution < 1.29 is 13.2 Å². The first kappa shape index (κ1) is 18.5. The minimum atomic E-state index is -3.27. The van der Waals surface area contributed by atoms with Crippen molar-refractivity contribution in [2.45, 2.75) is 26.2 Å². The lowest BCUT2D eigenvalue weighted by Gasteiger charge is -2.31. The number of nitrogens with one attached hydrogen (secondary N) is 1. The Hall–Kier alpha value is -2.33. The molecule has 10 heteroatoms. The van der Waals surface area contributed by atoms with Crippen molar-refractivity contribution in [3.05, 3.63) is 30.6 Å². The molecule has 0 aliphatic carbocycles. The molecular formula is C16H22N6O3S.